The fourth-order valence-electron chi connectivity index (χ4n) is 4.45. The molecule has 1 saturated heterocycles. The van der Waals surface area contributed by atoms with Gasteiger partial charge in [0.25, 0.3) is 0 Å². The molecule has 0 bridgehead atoms. The Morgan fingerprint density at radius 3 is 2.06 bits per heavy atom. The molecule has 3 nitrogen and oxygen atoms in total. The highest BCUT2D eigenvalue weighted by molar-refractivity contribution is 6.74. The van der Waals surface area contributed by atoms with E-state index in [1.807, 2.05) is 0 Å². The van der Waals surface area contributed by atoms with Crippen molar-refractivity contribution in [3.05, 3.63) is 0 Å². The molecule has 0 saturated carbocycles. The van der Waals surface area contributed by atoms with Crippen LogP contribution in [0.2, 0.25) is 18.1 Å². The maximum absolute atomic E-state index is 10.6. The molecule has 0 aromatic carbocycles. The van der Waals surface area contributed by atoms with Crippen molar-refractivity contribution in [3.63, 3.8) is 0 Å². The van der Waals surface area contributed by atoms with Crippen LogP contribution < -0.4 is 0 Å². The second-order valence-electron chi connectivity index (χ2n) is 12.0. The van der Waals surface area contributed by atoms with Crippen LogP contribution in [-0.2, 0) is 9.16 Å². The molecule has 0 radical (unpaired) electrons. The quantitative estimate of drug-likeness (QED) is 0.123. The van der Waals surface area contributed by atoms with Gasteiger partial charge in [-0.3, -0.25) is 0 Å². The maximum atomic E-state index is 10.6. The van der Waals surface area contributed by atoms with E-state index in [1.165, 1.54) is 64.2 Å². The predicted molar refractivity (Wildman–Crippen MR) is 153 cm³/mol. The third kappa shape index (κ3) is 13.4. The summed E-state index contributed by atoms with van der Waals surface area (Å²) in [6.45, 7) is 13.8. The van der Waals surface area contributed by atoms with Crippen molar-refractivity contribution in [1.82, 2.24) is 0 Å². The Bertz CT molecular complexity index is 649. The summed E-state index contributed by atoms with van der Waals surface area (Å²) in [4.78, 5) is 0. The second kappa shape index (κ2) is 17.6. The van der Waals surface area contributed by atoms with Crippen LogP contribution in [0, 0.1) is 24.2 Å². The molecule has 0 unspecified atom stereocenters. The Labute approximate surface area is 219 Å². The van der Waals surface area contributed by atoms with E-state index in [-0.39, 0.29) is 23.4 Å². The maximum Gasteiger partial charge on any atom is 0.192 e. The summed E-state index contributed by atoms with van der Waals surface area (Å²) in [7, 11) is -1.90. The highest BCUT2D eigenvalue weighted by atomic mass is 28.4. The molecule has 1 fully saturated rings. The van der Waals surface area contributed by atoms with E-state index in [0.717, 1.165) is 38.5 Å². The van der Waals surface area contributed by atoms with E-state index in [2.05, 4.69) is 58.6 Å². The lowest BCUT2D eigenvalue weighted by Gasteiger charge is -2.41. The Morgan fingerprint density at radius 1 is 0.914 bits per heavy atom. The molecule has 1 rings (SSSR count). The van der Waals surface area contributed by atoms with Gasteiger partial charge in [-0.05, 0) is 43.8 Å². The molecule has 1 N–H and O–H groups in total. The SMILES string of the molecule is C#CCCCC#C[C@@H](O)[C@H]1CC[C@@H]([C@H](CCCCCCCCCCCC)O[Si](C)(C)C(C)(C)C)O1. The average molecular weight is 505 g/mol. The lowest BCUT2D eigenvalue weighted by Crippen LogP contribution is -2.47. The molecule has 0 amide bonds. The van der Waals surface area contributed by atoms with Crippen LogP contribution in [0.15, 0.2) is 0 Å². The van der Waals surface area contributed by atoms with Crippen LogP contribution in [0.5, 0.6) is 0 Å². The smallest absolute Gasteiger partial charge is 0.192 e. The van der Waals surface area contributed by atoms with Crippen molar-refractivity contribution in [2.24, 2.45) is 0 Å². The fourth-order valence-corrected chi connectivity index (χ4v) is 5.83. The van der Waals surface area contributed by atoms with Gasteiger partial charge < -0.3 is 14.3 Å². The van der Waals surface area contributed by atoms with Gasteiger partial charge in [0, 0.05) is 12.8 Å². The van der Waals surface area contributed by atoms with Gasteiger partial charge in [-0.2, -0.15) is 0 Å². The number of terminal acetylenes is 1. The number of ether oxygens (including phenoxy) is 1. The first-order chi connectivity index (χ1) is 16.6. The molecule has 0 aliphatic carbocycles. The first-order valence-corrected chi connectivity index (χ1v) is 17.5. The number of aliphatic hydroxyl groups excluding tert-OH is 1. The predicted octanol–water partition coefficient (Wildman–Crippen LogP) is 8.40. The molecule has 4 atom stereocenters. The molecule has 1 aliphatic heterocycles. The van der Waals surface area contributed by atoms with E-state index in [1.54, 1.807) is 0 Å². The number of hydrogen-bond acceptors (Lipinski definition) is 3. The van der Waals surface area contributed by atoms with Crippen LogP contribution >= 0.6 is 0 Å². The molecule has 202 valence electrons. The zero-order valence-electron chi connectivity index (χ0n) is 24.0. The minimum Gasteiger partial charge on any atom is -0.411 e. The largest absolute Gasteiger partial charge is 0.411 e. The van der Waals surface area contributed by atoms with Gasteiger partial charge in [0.05, 0.1) is 18.3 Å². The minimum absolute atomic E-state index is 0.0607. The molecule has 0 aromatic heterocycles. The zero-order valence-corrected chi connectivity index (χ0v) is 25.0. The topological polar surface area (TPSA) is 38.7 Å². The van der Waals surface area contributed by atoms with Gasteiger partial charge in [0.2, 0.25) is 0 Å². The average Bonchev–Trinajstić information content (AvgIpc) is 3.29. The number of rotatable bonds is 17. The molecule has 0 aromatic rings. The van der Waals surface area contributed by atoms with Gasteiger partial charge in [-0.15, -0.1) is 18.3 Å². The van der Waals surface area contributed by atoms with Crippen molar-refractivity contribution in [2.75, 3.05) is 0 Å². The summed E-state index contributed by atoms with van der Waals surface area (Å²) in [5.74, 6) is 8.69. The van der Waals surface area contributed by atoms with Crippen molar-refractivity contribution < 1.29 is 14.3 Å². The first-order valence-electron chi connectivity index (χ1n) is 14.6. The fraction of sp³-hybridized carbons (Fsp3) is 0.871. The van der Waals surface area contributed by atoms with E-state index < -0.39 is 14.4 Å². The third-order valence-corrected chi connectivity index (χ3v) is 12.3. The monoisotopic (exact) mass is 504 g/mol. The second-order valence-corrected chi connectivity index (χ2v) is 16.8. The van der Waals surface area contributed by atoms with Crippen LogP contribution in [-0.4, -0.2) is 37.8 Å². The van der Waals surface area contributed by atoms with Gasteiger partial charge in [-0.1, -0.05) is 97.8 Å². The van der Waals surface area contributed by atoms with Crippen LogP contribution in [0.25, 0.3) is 0 Å². The molecule has 0 spiro atoms. The Balaban J connectivity index is 2.55. The van der Waals surface area contributed by atoms with Gasteiger partial charge in [-0.25, -0.2) is 0 Å². The van der Waals surface area contributed by atoms with E-state index >= 15 is 0 Å². The van der Waals surface area contributed by atoms with Crippen LogP contribution in [0.3, 0.4) is 0 Å². The normalized spacial score (nSPS) is 20.2. The number of unbranched alkanes of at least 4 members (excludes halogenated alkanes) is 11. The van der Waals surface area contributed by atoms with Gasteiger partial charge in [0.1, 0.15) is 6.10 Å². The van der Waals surface area contributed by atoms with E-state index in [0.29, 0.717) is 0 Å². The molecular formula is C31H56O3Si. The van der Waals surface area contributed by atoms with Gasteiger partial charge in [0.15, 0.2) is 8.32 Å². The standard InChI is InChI=1S/C31H56O3Si/c1-8-10-12-14-15-16-17-18-20-22-24-30(34-35(6,7)31(3,4)5)29-26-25-28(33-29)27(32)23-21-19-13-11-9-2/h2,27-30,32H,8,10-20,22,24-26H2,1,3-7H3/t27-,28-,29+,30+/m1/s1. The van der Waals surface area contributed by atoms with Crippen LogP contribution in [0.1, 0.15) is 130 Å². The first kappa shape index (κ1) is 32.2. The summed E-state index contributed by atoms with van der Waals surface area (Å²) < 4.78 is 13.3. The Kier molecular flexibility index (Phi) is 16.2. The molecular weight excluding hydrogens is 448 g/mol. The highest BCUT2D eigenvalue weighted by Crippen LogP contribution is 2.40. The lowest BCUT2D eigenvalue weighted by atomic mass is 10.0. The number of hydrogen-bond donors (Lipinski definition) is 1. The van der Waals surface area contributed by atoms with Crippen molar-refractivity contribution in [1.29, 1.82) is 0 Å². The summed E-state index contributed by atoms with van der Waals surface area (Å²) in [6.07, 6.45) is 23.1. The molecule has 1 heterocycles. The van der Waals surface area contributed by atoms with Crippen molar-refractivity contribution in [3.8, 4) is 24.2 Å². The molecule has 1 aliphatic rings. The lowest BCUT2D eigenvalue weighted by molar-refractivity contribution is -0.0600. The van der Waals surface area contributed by atoms with Crippen molar-refractivity contribution in [2.45, 2.75) is 173 Å². The summed E-state index contributed by atoms with van der Waals surface area (Å²) in [5, 5.41) is 10.7. The van der Waals surface area contributed by atoms with E-state index in [9.17, 15) is 5.11 Å². The third-order valence-electron chi connectivity index (χ3n) is 7.82. The minimum atomic E-state index is -1.90. The molecule has 35 heavy (non-hydrogen) atoms. The molecule has 4 heteroatoms. The van der Waals surface area contributed by atoms with Gasteiger partial charge >= 0.3 is 0 Å². The van der Waals surface area contributed by atoms with Crippen molar-refractivity contribution >= 4 is 8.32 Å². The summed E-state index contributed by atoms with van der Waals surface area (Å²) >= 11 is 0. The summed E-state index contributed by atoms with van der Waals surface area (Å²) in [5.41, 5.74) is 0. The number of aliphatic hydroxyl groups is 1. The Morgan fingerprint density at radius 2 is 1.49 bits per heavy atom. The zero-order chi connectivity index (χ0) is 26.2. The van der Waals surface area contributed by atoms with Crippen LogP contribution in [0.4, 0.5) is 0 Å². The van der Waals surface area contributed by atoms with E-state index in [4.69, 9.17) is 15.6 Å². The highest BCUT2D eigenvalue weighted by Gasteiger charge is 2.43. The summed E-state index contributed by atoms with van der Waals surface area (Å²) in [6, 6.07) is 0. The Hall–Kier alpha value is -0.783.